The quantitative estimate of drug-likeness (QED) is 0.836. The van der Waals surface area contributed by atoms with Crippen LogP contribution in [0.15, 0.2) is 24.3 Å². The predicted molar refractivity (Wildman–Crippen MR) is 88.1 cm³/mol. The number of hydrogen-bond acceptors (Lipinski definition) is 4. The number of ketones is 1. The van der Waals surface area contributed by atoms with Crippen LogP contribution in [0.25, 0.3) is 0 Å². The Balaban J connectivity index is 2.07. The largest absolute Gasteiger partial charge is 0.481 e. The molecule has 1 aliphatic rings. The molecule has 2 rings (SSSR count). The first-order valence-electron chi connectivity index (χ1n) is 8.10. The molecule has 130 valence electrons. The summed E-state index contributed by atoms with van der Waals surface area (Å²) in [5.74, 6) is -1.26. The van der Waals surface area contributed by atoms with Crippen molar-refractivity contribution in [2.45, 2.75) is 45.8 Å². The standard InChI is InChI=1S/C18H23NO5/c1-11-7-8-15(18(22)23)10-19(11)17(21)13(3)24-16-6-4-5-14(9-16)12(2)20/h4-6,9,11,13,15H,7-8,10H2,1-3H3,(H,22,23). The van der Waals surface area contributed by atoms with E-state index in [0.717, 1.165) is 0 Å². The van der Waals surface area contributed by atoms with E-state index in [2.05, 4.69) is 0 Å². The normalized spacial score (nSPS) is 21.9. The molecule has 3 atom stereocenters. The summed E-state index contributed by atoms with van der Waals surface area (Å²) in [4.78, 5) is 36.8. The molecule has 1 aromatic rings. The van der Waals surface area contributed by atoms with E-state index in [1.165, 1.54) is 6.92 Å². The highest BCUT2D eigenvalue weighted by molar-refractivity contribution is 5.94. The van der Waals surface area contributed by atoms with Crippen LogP contribution in [-0.4, -0.2) is 46.4 Å². The Morgan fingerprint density at radius 2 is 2.00 bits per heavy atom. The molecular weight excluding hydrogens is 310 g/mol. The zero-order valence-corrected chi connectivity index (χ0v) is 14.2. The highest BCUT2D eigenvalue weighted by atomic mass is 16.5. The minimum atomic E-state index is -0.873. The number of piperidine rings is 1. The second kappa shape index (κ2) is 7.47. The fourth-order valence-corrected chi connectivity index (χ4v) is 2.89. The van der Waals surface area contributed by atoms with Gasteiger partial charge in [-0.2, -0.15) is 0 Å². The maximum atomic E-state index is 12.6. The van der Waals surface area contributed by atoms with Crippen molar-refractivity contribution in [1.82, 2.24) is 4.90 Å². The van der Waals surface area contributed by atoms with Crippen LogP contribution in [0, 0.1) is 5.92 Å². The SMILES string of the molecule is CC(=O)c1cccc(OC(C)C(=O)N2CC(C(=O)O)CCC2C)c1. The lowest BCUT2D eigenvalue weighted by atomic mass is 9.93. The van der Waals surface area contributed by atoms with Crippen LogP contribution >= 0.6 is 0 Å². The van der Waals surface area contributed by atoms with Crippen LogP contribution in [0.5, 0.6) is 5.75 Å². The summed E-state index contributed by atoms with van der Waals surface area (Å²) in [6.07, 6.45) is 0.494. The Hall–Kier alpha value is -2.37. The number of carbonyl (C=O) groups is 3. The maximum absolute atomic E-state index is 12.6. The molecule has 1 N–H and O–H groups in total. The maximum Gasteiger partial charge on any atom is 0.308 e. The van der Waals surface area contributed by atoms with E-state index >= 15 is 0 Å². The average Bonchev–Trinajstić information content (AvgIpc) is 2.54. The Labute approximate surface area is 141 Å². The van der Waals surface area contributed by atoms with E-state index in [-0.39, 0.29) is 24.3 Å². The molecule has 0 bridgehead atoms. The summed E-state index contributed by atoms with van der Waals surface area (Å²) in [6.45, 7) is 5.23. The zero-order valence-electron chi connectivity index (χ0n) is 14.2. The highest BCUT2D eigenvalue weighted by Crippen LogP contribution is 2.24. The third kappa shape index (κ3) is 4.13. The van der Waals surface area contributed by atoms with E-state index in [9.17, 15) is 19.5 Å². The van der Waals surface area contributed by atoms with Gasteiger partial charge < -0.3 is 14.7 Å². The van der Waals surface area contributed by atoms with Gasteiger partial charge in [-0.25, -0.2) is 0 Å². The molecule has 0 aromatic heterocycles. The van der Waals surface area contributed by atoms with Gasteiger partial charge in [-0.05, 0) is 45.7 Å². The third-order valence-corrected chi connectivity index (χ3v) is 4.42. The molecule has 0 aliphatic carbocycles. The van der Waals surface area contributed by atoms with Gasteiger partial charge in [0.1, 0.15) is 5.75 Å². The molecule has 6 nitrogen and oxygen atoms in total. The topological polar surface area (TPSA) is 83.9 Å². The van der Waals surface area contributed by atoms with Gasteiger partial charge in [-0.3, -0.25) is 14.4 Å². The molecule has 6 heteroatoms. The van der Waals surface area contributed by atoms with Crippen molar-refractivity contribution in [2.75, 3.05) is 6.54 Å². The van der Waals surface area contributed by atoms with Gasteiger partial charge >= 0.3 is 5.97 Å². The van der Waals surface area contributed by atoms with Crippen molar-refractivity contribution >= 4 is 17.7 Å². The smallest absolute Gasteiger partial charge is 0.308 e. The van der Waals surface area contributed by atoms with Crippen LogP contribution < -0.4 is 4.74 Å². The van der Waals surface area contributed by atoms with E-state index < -0.39 is 18.0 Å². The summed E-state index contributed by atoms with van der Waals surface area (Å²) in [5.41, 5.74) is 0.518. The van der Waals surface area contributed by atoms with Gasteiger partial charge in [0.25, 0.3) is 5.91 Å². The minimum Gasteiger partial charge on any atom is -0.481 e. The Morgan fingerprint density at radius 3 is 2.62 bits per heavy atom. The summed E-state index contributed by atoms with van der Waals surface area (Å²) in [7, 11) is 0. The number of carboxylic acid groups (broad SMARTS) is 1. The van der Waals surface area contributed by atoms with Crippen molar-refractivity contribution < 1.29 is 24.2 Å². The van der Waals surface area contributed by atoms with Crippen molar-refractivity contribution in [2.24, 2.45) is 5.92 Å². The second-order valence-corrected chi connectivity index (χ2v) is 6.30. The summed E-state index contributed by atoms with van der Waals surface area (Å²) >= 11 is 0. The Bertz CT molecular complexity index is 642. The Kier molecular flexibility index (Phi) is 5.59. The second-order valence-electron chi connectivity index (χ2n) is 6.30. The van der Waals surface area contributed by atoms with Crippen LogP contribution in [0.1, 0.15) is 44.0 Å². The predicted octanol–water partition coefficient (Wildman–Crippen LogP) is 2.37. The van der Waals surface area contributed by atoms with Gasteiger partial charge in [-0.1, -0.05) is 12.1 Å². The number of carbonyl (C=O) groups excluding carboxylic acids is 2. The average molecular weight is 333 g/mol. The number of Topliss-reactive ketones (excluding diaryl/α,β-unsaturated/α-hetero) is 1. The van der Waals surface area contributed by atoms with Crippen molar-refractivity contribution in [1.29, 1.82) is 0 Å². The third-order valence-electron chi connectivity index (χ3n) is 4.42. The van der Waals surface area contributed by atoms with Crippen LogP contribution in [0.2, 0.25) is 0 Å². The van der Waals surface area contributed by atoms with Crippen molar-refractivity contribution in [3.63, 3.8) is 0 Å². The number of amides is 1. The zero-order chi connectivity index (χ0) is 17.9. The minimum absolute atomic E-state index is 0.0114. The highest BCUT2D eigenvalue weighted by Gasteiger charge is 2.34. The molecule has 0 radical (unpaired) electrons. The van der Waals surface area contributed by atoms with E-state index in [1.54, 1.807) is 36.1 Å². The molecule has 3 unspecified atom stereocenters. The number of ether oxygens (including phenoxy) is 1. The first kappa shape index (κ1) is 18.0. The molecule has 1 aliphatic heterocycles. The summed E-state index contributed by atoms with van der Waals surface area (Å²) in [6, 6.07) is 6.67. The van der Waals surface area contributed by atoms with Crippen molar-refractivity contribution in [3.8, 4) is 5.75 Å². The number of rotatable bonds is 5. The number of carboxylic acids is 1. The van der Waals surface area contributed by atoms with Gasteiger partial charge in [0.15, 0.2) is 11.9 Å². The van der Waals surface area contributed by atoms with Gasteiger partial charge in [0.05, 0.1) is 5.92 Å². The summed E-state index contributed by atoms with van der Waals surface area (Å²) in [5, 5.41) is 9.18. The Morgan fingerprint density at radius 1 is 1.29 bits per heavy atom. The number of hydrogen-bond donors (Lipinski definition) is 1. The van der Waals surface area contributed by atoms with Crippen LogP contribution in [0.3, 0.4) is 0 Å². The summed E-state index contributed by atoms with van der Waals surface area (Å²) < 4.78 is 5.67. The first-order chi connectivity index (χ1) is 11.3. The lowest BCUT2D eigenvalue weighted by Gasteiger charge is -2.37. The molecule has 1 saturated heterocycles. The molecule has 1 aromatic carbocycles. The van der Waals surface area contributed by atoms with E-state index in [0.29, 0.717) is 24.2 Å². The number of benzene rings is 1. The lowest BCUT2D eigenvalue weighted by Crippen LogP contribution is -2.51. The molecule has 1 amide bonds. The molecule has 1 heterocycles. The van der Waals surface area contributed by atoms with Gasteiger partial charge in [-0.15, -0.1) is 0 Å². The van der Waals surface area contributed by atoms with Gasteiger partial charge in [0, 0.05) is 18.2 Å². The van der Waals surface area contributed by atoms with E-state index in [4.69, 9.17) is 4.74 Å². The molecule has 1 fully saturated rings. The molecule has 24 heavy (non-hydrogen) atoms. The lowest BCUT2D eigenvalue weighted by molar-refractivity contribution is -0.149. The van der Waals surface area contributed by atoms with Gasteiger partial charge in [0.2, 0.25) is 0 Å². The number of likely N-dealkylation sites (tertiary alicyclic amines) is 1. The molecular formula is C18H23NO5. The van der Waals surface area contributed by atoms with Crippen LogP contribution in [-0.2, 0) is 9.59 Å². The number of nitrogens with zero attached hydrogens (tertiary/aromatic N) is 1. The first-order valence-corrected chi connectivity index (χ1v) is 8.10. The fourth-order valence-electron chi connectivity index (χ4n) is 2.89. The molecule has 0 saturated carbocycles. The van der Waals surface area contributed by atoms with Crippen molar-refractivity contribution in [3.05, 3.63) is 29.8 Å². The van der Waals surface area contributed by atoms with Crippen LogP contribution in [0.4, 0.5) is 0 Å². The van der Waals surface area contributed by atoms with E-state index in [1.807, 2.05) is 6.92 Å². The molecule has 0 spiro atoms. The monoisotopic (exact) mass is 333 g/mol. The number of aliphatic carboxylic acids is 1. The fraction of sp³-hybridized carbons (Fsp3) is 0.500.